The molecule has 1 aromatic heterocycles. The maximum atomic E-state index is 12.7. The number of benzene rings is 2. The Morgan fingerprint density at radius 1 is 1.00 bits per heavy atom. The molecule has 1 fully saturated rings. The molecule has 32 heavy (non-hydrogen) atoms. The first-order valence-electron chi connectivity index (χ1n) is 10.9. The van der Waals surface area contributed by atoms with Gasteiger partial charge in [0, 0.05) is 49.1 Å². The molecule has 0 N–H and O–H groups in total. The van der Waals surface area contributed by atoms with Crippen LogP contribution in [0.15, 0.2) is 59.0 Å². The fraction of sp³-hybridized carbons (Fsp3) is 0.360. The van der Waals surface area contributed by atoms with Gasteiger partial charge in [0.25, 0.3) is 0 Å². The highest BCUT2D eigenvalue weighted by atomic mass is 32.2. The minimum atomic E-state index is -1.33. The van der Waals surface area contributed by atoms with E-state index in [1.54, 1.807) is 0 Å². The monoisotopic (exact) mass is 451 g/mol. The molecular weight excluding hydrogens is 422 g/mol. The number of carbonyl (C=O) groups excluding carboxylic acids is 1. The van der Waals surface area contributed by atoms with Crippen LogP contribution in [0.5, 0.6) is 0 Å². The summed E-state index contributed by atoms with van der Waals surface area (Å²) < 4.78 is 18.5. The lowest BCUT2D eigenvalue weighted by Gasteiger charge is -2.34. The second-order valence-electron chi connectivity index (χ2n) is 8.26. The summed E-state index contributed by atoms with van der Waals surface area (Å²) in [5.74, 6) is 1.36. The number of aromatic nitrogens is 1. The summed E-state index contributed by atoms with van der Waals surface area (Å²) in [5, 5.41) is 0. The van der Waals surface area contributed by atoms with E-state index in [0.29, 0.717) is 30.4 Å². The third-order valence-corrected chi connectivity index (χ3v) is 6.91. The molecule has 3 aromatic rings. The van der Waals surface area contributed by atoms with E-state index in [1.807, 2.05) is 61.2 Å². The van der Waals surface area contributed by atoms with E-state index in [2.05, 4.69) is 22.0 Å². The van der Waals surface area contributed by atoms with Crippen molar-refractivity contribution >= 4 is 16.7 Å². The topological polar surface area (TPSA) is 66.7 Å². The fourth-order valence-electron chi connectivity index (χ4n) is 3.81. The van der Waals surface area contributed by atoms with Gasteiger partial charge in [-0.1, -0.05) is 48.0 Å². The van der Waals surface area contributed by atoms with E-state index in [-0.39, 0.29) is 17.4 Å². The van der Waals surface area contributed by atoms with Gasteiger partial charge in [-0.2, -0.15) is 0 Å². The van der Waals surface area contributed by atoms with Crippen molar-refractivity contribution in [1.29, 1.82) is 0 Å². The lowest BCUT2D eigenvalue weighted by molar-refractivity contribution is -0.130. The largest absolute Gasteiger partial charge is 0.441 e. The smallest absolute Gasteiger partial charge is 0.235 e. The first-order valence-corrected chi connectivity index (χ1v) is 12.4. The van der Waals surface area contributed by atoms with E-state index in [4.69, 9.17) is 4.42 Å². The predicted octanol–water partition coefficient (Wildman–Crippen LogP) is 3.55. The molecule has 0 unspecified atom stereocenters. The molecule has 7 heteroatoms. The number of nitrogens with zero attached hydrogens (tertiary/aromatic N) is 3. The van der Waals surface area contributed by atoms with Gasteiger partial charge in [0.15, 0.2) is 0 Å². The van der Waals surface area contributed by atoms with E-state index >= 15 is 0 Å². The summed E-state index contributed by atoms with van der Waals surface area (Å²) in [6.45, 7) is 7.74. The van der Waals surface area contributed by atoms with E-state index in [0.717, 1.165) is 30.8 Å². The van der Waals surface area contributed by atoms with Crippen LogP contribution in [0.4, 0.5) is 0 Å². The van der Waals surface area contributed by atoms with Crippen molar-refractivity contribution in [2.45, 2.75) is 26.1 Å². The molecule has 1 aliphatic heterocycles. The van der Waals surface area contributed by atoms with E-state index in [9.17, 15) is 9.00 Å². The lowest BCUT2D eigenvalue weighted by atomic mass is 10.1. The third-order valence-electron chi connectivity index (χ3n) is 5.75. The molecule has 4 rings (SSSR count). The van der Waals surface area contributed by atoms with Gasteiger partial charge in [-0.15, -0.1) is 0 Å². The predicted molar refractivity (Wildman–Crippen MR) is 126 cm³/mol. The van der Waals surface area contributed by atoms with Crippen molar-refractivity contribution in [1.82, 2.24) is 14.8 Å². The number of hydrogen-bond acceptors (Lipinski definition) is 5. The summed E-state index contributed by atoms with van der Waals surface area (Å²) in [6.07, 6.45) is 0. The van der Waals surface area contributed by atoms with Gasteiger partial charge in [0.1, 0.15) is 11.5 Å². The Morgan fingerprint density at radius 2 is 1.69 bits per heavy atom. The average molecular weight is 452 g/mol. The number of aryl methyl sites for hydroxylation is 2. The van der Waals surface area contributed by atoms with Crippen LogP contribution < -0.4 is 0 Å². The zero-order chi connectivity index (χ0) is 22.5. The van der Waals surface area contributed by atoms with Gasteiger partial charge >= 0.3 is 0 Å². The molecule has 1 aliphatic rings. The van der Waals surface area contributed by atoms with Gasteiger partial charge in [-0.25, -0.2) is 4.98 Å². The van der Waals surface area contributed by atoms with Crippen LogP contribution >= 0.6 is 0 Å². The third kappa shape index (κ3) is 5.72. The Hall–Kier alpha value is -2.77. The SMILES string of the molecule is Cc1ccc(-c2nc(C[S@](=O)CC(=O)N3CCN(Cc4ccccc4)CC3)c(C)o2)cc1. The molecule has 1 atom stereocenters. The molecule has 0 saturated carbocycles. The molecule has 2 aromatic carbocycles. The summed E-state index contributed by atoms with van der Waals surface area (Å²) in [6, 6.07) is 18.3. The first kappa shape index (κ1) is 22.4. The quantitative estimate of drug-likeness (QED) is 0.550. The van der Waals surface area contributed by atoms with Crippen LogP contribution in [0.2, 0.25) is 0 Å². The van der Waals surface area contributed by atoms with Crippen LogP contribution in [-0.2, 0) is 27.9 Å². The molecule has 1 saturated heterocycles. The van der Waals surface area contributed by atoms with Crippen LogP contribution in [0.25, 0.3) is 11.5 Å². The Labute approximate surface area is 191 Å². The van der Waals surface area contributed by atoms with Crippen molar-refractivity contribution in [2.24, 2.45) is 0 Å². The summed E-state index contributed by atoms with van der Waals surface area (Å²) in [7, 11) is -1.33. The summed E-state index contributed by atoms with van der Waals surface area (Å²) in [4.78, 5) is 21.4. The molecular formula is C25H29N3O3S. The standard InChI is InChI=1S/C25H29N3O3S/c1-19-8-10-22(11-9-19)25-26-23(20(2)31-25)17-32(30)18-24(29)28-14-12-27(13-15-28)16-21-6-4-3-5-7-21/h3-11H,12-18H2,1-2H3/t32-/m0/s1. The normalized spacial score (nSPS) is 15.6. The van der Waals surface area contributed by atoms with Crippen LogP contribution in [0, 0.1) is 13.8 Å². The molecule has 0 radical (unpaired) electrons. The van der Waals surface area contributed by atoms with Crippen LogP contribution in [0.3, 0.4) is 0 Å². The van der Waals surface area contributed by atoms with Crippen molar-refractivity contribution in [2.75, 3.05) is 31.9 Å². The Bertz CT molecular complexity index is 1070. The van der Waals surface area contributed by atoms with Gasteiger partial charge in [-0.05, 0) is 31.5 Å². The maximum absolute atomic E-state index is 12.7. The highest BCUT2D eigenvalue weighted by Crippen LogP contribution is 2.23. The minimum Gasteiger partial charge on any atom is -0.441 e. The number of carbonyl (C=O) groups is 1. The number of rotatable bonds is 7. The van der Waals surface area contributed by atoms with E-state index < -0.39 is 10.8 Å². The molecule has 0 spiro atoms. The highest BCUT2D eigenvalue weighted by Gasteiger charge is 2.23. The zero-order valence-corrected chi connectivity index (χ0v) is 19.4. The van der Waals surface area contributed by atoms with Crippen molar-refractivity contribution in [3.8, 4) is 11.5 Å². The average Bonchev–Trinajstić information content (AvgIpc) is 3.15. The summed E-state index contributed by atoms with van der Waals surface area (Å²) >= 11 is 0. The maximum Gasteiger partial charge on any atom is 0.235 e. The highest BCUT2D eigenvalue weighted by molar-refractivity contribution is 7.84. The fourth-order valence-corrected chi connectivity index (χ4v) is 4.94. The van der Waals surface area contributed by atoms with Gasteiger partial charge < -0.3 is 9.32 Å². The molecule has 2 heterocycles. The number of oxazole rings is 1. The van der Waals surface area contributed by atoms with Gasteiger partial charge in [0.2, 0.25) is 11.8 Å². The van der Waals surface area contributed by atoms with Gasteiger partial charge in [-0.3, -0.25) is 13.9 Å². The number of piperazine rings is 1. The number of hydrogen-bond donors (Lipinski definition) is 0. The second-order valence-corrected chi connectivity index (χ2v) is 9.72. The van der Waals surface area contributed by atoms with Gasteiger partial charge in [0.05, 0.1) is 11.4 Å². The lowest BCUT2D eigenvalue weighted by Crippen LogP contribution is -2.49. The van der Waals surface area contributed by atoms with Crippen molar-refractivity contribution in [3.05, 3.63) is 77.2 Å². The second kappa shape index (κ2) is 10.2. The Morgan fingerprint density at radius 3 is 2.38 bits per heavy atom. The molecule has 0 aliphatic carbocycles. The van der Waals surface area contributed by atoms with Crippen molar-refractivity contribution < 1.29 is 13.4 Å². The van der Waals surface area contributed by atoms with Crippen molar-refractivity contribution in [3.63, 3.8) is 0 Å². The Balaban J connectivity index is 1.27. The van der Waals surface area contributed by atoms with Crippen LogP contribution in [-0.4, -0.2) is 56.8 Å². The molecule has 168 valence electrons. The first-order chi connectivity index (χ1) is 15.5. The van der Waals surface area contributed by atoms with Crippen LogP contribution in [0.1, 0.15) is 22.6 Å². The minimum absolute atomic E-state index is 0.0187. The molecule has 0 bridgehead atoms. The number of amides is 1. The Kier molecular flexibility index (Phi) is 7.17. The van der Waals surface area contributed by atoms with E-state index in [1.165, 1.54) is 5.56 Å². The zero-order valence-electron chi connectivity index (χ0n) is 18.6. The summed E-state index contributed by atoms with van der Waals surface area (Å²) in [5.41, 5.74) is 3.98. The molecule has 6 nitrogen and oxygen atoms in total. The molecule has 1 amide bonds.